The van der Waals surface area contributed by atoms with Gasteiger partial charge in [0.2, 0.25) is 0 Å². The highest BCUT2D eigenvalue weighted by Crippen LogP contribution is 2.28. The molecule has 0 amide bonds. The van der Waals surface area contributed by atoms with Crippen LogP contribution < -0.4 is 10.3 Å². The van der Waals surface area contributed by atoms with Crippen molar-refractivity contribution < 1.29 is 8.42 Å². The summed E-state index contributed by atoms with van der Waals surface area (Å²) in [6, 6.07) is 7.52. The first-order valence-electron chi connectivity index (χ1n) is 7.20. The summed E-state index contributed by atoms with van der Waals surface area (Å²) in [6.07, 6.45) is 1.36. The number of thiophene rings is 1. The van der Waals surface area contributed by atoms with Gasteiger partial charge < -0.3 is 0 Å². The van der Waals surface area contributed by atoms with E-state index in [9.17, 15) is 13.2 Å². The fraction of sp³-hybridized carbons (Fsp3) is 0.133. The van der Waals surface area contributed by atoms with Crippen LogP contribution in [0.4, 0.5) is 5.82 Å². The number of nitrogens with one attached hydrogen (secondary N) is 1. The molecule has 0 aliphatic heterocycles. The summed E-state index contributed by atoms with van der Waals surface area (Å²) in [5.41, 5.74) is 0.949. The number of hydrogen-bond donors (Lipinski definition) is 1. The minimum atomic E-state index is -3.77. The second-order valence-electron chi connectivity index (χ2n) is 4.99. The van der Waals surface area contributed by atoms with Crippen molar-refractivity contribution in [3.8, 4) is 11.3 Å². The first-order chi connectivity index (χ1) is 11.9. The van der Waals surface area contributed by atoms with Crippen molar-refractivity contribution in [2.75, 3.05) is 4.72 Å². The molecule has 3 aromatic heterocycles. The lowest BCUT2D eigenvalue weighted by Gasteiger charge is -2.05. The average molecular weight is 397 g/mol. The Labute approximate surface area is 153 Å². The zero-order valence-corrected chi connectivity index (χ0v) is 15.4. The Balaban J connectivity index is 1.89. The topological polar surface area (TPSA) is 93.9 Å². The Morgan fingerprint density at radius 2 is 2.08 bits per heavy atom. The van der Waals surface area contributed by atoms with Gasteiger partial charge >= 0.3 is 0 Å². The molecule has 7 nitrogen and oxygen atoms in total. The maximum atomic E-state index is 12.5. The van der Waals surface area contributed by atoms with Gasteiger partial charge in [-0.05, 0) is 31.2 Å². The van der Waals surface area contributed by atoms with Crippen LogP contribution >= 0.6 is 22.9 Å². The molecule has 0 atom stereocenters. The Kier molecular flexibility index (Phi) is 4.89. The van der Waals surface area contributed by atoms with E-state index in [-0.39, 0.29) is 15.6 Å². The number of halogens is 1. The molecule has 3 rings (SSSR count). The van der Waals surface area contributed by atoms with E-state index < -0.39 is 10.0 Å². The van der Waals surface area contributed by atoms with E-state index >= 15 is 0 Å². The number of pyridine rings is 1. The van der Waals surface area contributed by atoms with Gasteiger partial charge in [-0.2, -0.15) is 5.10 Å². The first-order valence-corrected chi connectivity index (χ1v) is 9.94. The smallest absolute Gasteiger partial charge is 0.268 e. The van der Waals surface area contributed by atoms with Gasteiger partial charge in [0.15, 0.2) is 0 Å². The van der Waals surface area contributed by atoms with Gasteiger partial charge in [0.25, 0.3) is 15.6 Å². The second kappa shape index (κ2) is 6.95. The molecule has 3 aromatic rings. The van der Waals surface area contributed by atoms with Crippen LogP contribution in [0.15, 0.2) is 50.9 Å². The lowest BCUT2D eigenvalue weighted by atomic mass is 10.2. The van der Waals surface area contributed by atoms with E-state index in [1.54, 1.807) is 17.5 Å². The van der Waals surface area contributed by atoms with Crippen LogP contribution in [-0.4, -0.2) is 23.2 Å². The standard InChI is InChI=1S/C15H13ClN4O3S2/c1-2-20-14(21)6-4-12(18-20)10-7-15(24-9-10)25(22,23)19-13-5-3-11(16)8-17-13/h3-9H,2H2,1H3,(H,17,19). The molecular weight excluding hydrogens is 384 g/mol. The summed E-state index contributed by atoms with van der Waals surface area (Å²) in [5, 5.41) is 6.31. The van der Waals surface area contributed by atoms with Crippen molar-refractivity contribution in [1.29, 1.82) is 0 Å². The largest absolute Gasteiger partial charge is 0.272 e. The third kappa shape index (κ3) is 3.89. The molecule has 0 unspecified atom stereocenters. The number of anilines is 1. The molecular formula is C15H13ClN4O3S2. The summed E-state index contributed by atoms with van der Waals surface area (Å²) in [5.74, 6) is 0.178. The third-order valence-corrected chi connectivity index (χ3v) is 6.29. The number of rotatable bonds is 5. The Hall–Kier alpha value is -2.23. The van der Waals surface area contributed by atoms with Gasteiger partial charge in [0, 0.05) is 29.8 Å². The molecule has 0 saturated heterocycles. The minimum absolute atomic E-state index is 0.121. The maximum absolute atomic E-state index is 12.5. The Morgan fingerprint density at radius 1 is 1.28 bits per heavy atom. The normalized spacial score (nSPS) is 11.4. The van der Waals surface area contributed by atoms with Crippen LogP contribution in [0, 0.1) is 0 Å². The van der Waals surface area contributed by atoms with Gasteiger partial charge in [-0.15, -0.1) is 11.3 Å². The average Bonchev–Trinajstić information content (AvgIpc) is 3.08. The highest BCUT2D eigenvalue weighted by atomic mass is 35.5. The number of aromatic nitrogens is 3. The number of hydrogen-bond acceptors (Lipinski definition) is 6. The van der Waals surface area contributed by atoms with Crippen molar-refractivity contribution in [1.82, 2.24) is 14.8 Å². The molecule has 1 N–H and O–H groups in total. The van der Waals surface area contributed by atoms with Crippen molar-refractivity contribution >= 4 is 38.8 Å². The SMILES string of the molecule is CCn1nc(-c2csc(S(=O)(=O)Nc3ccc(Cl)cn3)c2)ccc1=O. The van der Waals surface area contributed by atoms with Gasteiger partial charge in [0.1, 0.15) is 10.0 Å². The molecule has 10 heteroatoms. The quantitative estimate of drug-likeness (QED) is 0.715. The van der Waals surface area contributed by atoms with E-state index in [1.807, 2.05) is 6.92 Å². The molecule has 25 heavy (non-hydrogen) atoms. The summed E-state index contributed by atoms with van der Waals surface area (Å²) < 4.78 is 28.8. The molecule has 0 aromatic carbocycles. The molecule has 0 spiro atoms. The lowest BCUT2D eigenvalue weighted by Crippen LogP contribution is -2.20. The van der Waals surface area contributed by atoms with E-state index in [2.05, 4.69) is 14.8 Å². The first kappa shape index (κ1) is 17.6. The third-order valence-electron chi connectivity index (χ3n) is 3.27. The summed E-state index contributed by atoms with van der Waals surface area (Å²) >= 11 is 6.80. The Morgan fingerprint density at radius 3 is 2.76 bits per heavy atom. The summed E-state index contributed by atoms with van der Waals surface area (Å²) in [6.45, 7) is 2.25. The van der Waals surface area contributed by atoms with Crippen LogP contribution in [-0.2, 0) is 16.6 Å². The van der Waals surface area contributed by atoms with Crippen LogP contribution in [0.25, 0.3) is 11.3 Å². The number of nitrogens with zero attached hydrogens (tertiary/aromatic N) is 3. The van der Waals surface area contributed by atoms with Gasteiger partial charge in [-0.1, -0.05) is 11.6 Å². The maximum Gasteiger partial charge on any atom is 0.272 e. The van der Waals surface area contributed by atoms with E-state index in [0.29, 0.717) is 22.8 Å². The van der Waals surface area contributed by atoms with Crippen molar-refractivity contribution in [3.05, 3.63) is 57.3 Å². The monoisotopic (exact) mass is 396 g/mol. The van der Waals surface area contributed by atoms with Crippen molar-refractivity contribution in [2.45, 2.75) is 17.7 Å². The zero-order valence-electron chi connectivity index (χ0n) is 13.0. The summed E-state index contributed by atoms with van der Waals surface area (Å²) in [4.78, 5) is 15.5. The van der Waals surface area contributed by atoms with Crippen molar-refractivity contribution in [2.24, 2.45) is 0 Å². The molecule has 0 saturated carbocycles. The summed E-state index contributed by atoms with van der Waals surface area (Å²) in [7, 11) is -3.77. The van der Waals surface area contributed by atoms with Gasteiger partial charge in [0.05, 0.1) is 10.7 Å². The number of aryl methyl sites for hydroxylation is 1. The highest BCUT2D eigenvalue weighted by Gasteiger charge is 2.18. The van der Waals surface area contributed by atoms with E-state index in [4.69, 9.17) is 11.6 Å². The fourth-order valence-electron chi connectivity index (χ4n) is 2.05. The molecule has 0 aliphatic rings. The van der Waals surface area contributed by atoms with Gasteiger partial charge in [-0.25, -0.2) is 18.1 Å². The predicted molar refractivity (Wildman–Crippen MR) is 97.5 cm³/mol. The van der Waals surface area contributed by atoms with Crippen LogP contribution in [0.2, 0.25) is 5.02 Å². The molecule has 0 radical (unpaired) electrons. The number of sulfonamides is 1. The molecule has 0 fully saturated rings. The molecule has 130 valence electrons. The highest BCUT2D eigenvalue weighted by molar-refractivity contribution is 7.94. The van der Waals surface area contributed by atoms with E-state index in [1.165, 1.54) is 29.1 Å². The molecule has 3 heterocycles. The lowest BCUT2D eigenvalue weighted by molar-refractivity contribution is 0.603. The van der Waals surface area contributed by atoms with Gasteiger partial charge in [-0.3, -0.25) is 9.52 Å². The van der Waals surface area contributed by atoms with E-state index in [0.717, 1.165) is 11.3 Å². The molecule has 0 aliphatic carbocycles. The predicted octanol–water partition coefficient (Wildman–Crippen LogP) is 2.84. The Bertz CT molecular complexity index is 1060. The molecule has 0 bridgehead atoms. The van der Waals surface area contributed by atoms with Crippen LogP contribution in [0.3, 0.4) is 0 Å². The second-order valence-corrected chi connectivity index (χ2v) is 8.25. The van der Waals surface area contributed by atoms with Crippen LogP contribution in [0.5, 0.6) is 0 Å². The fourth-order valence-corrected chi connectivity index (χ4v) is 4.34. The van der Waals surface area contributed by atoms with Crippen molar-refractivity contribution in [3.63, 3.8) is 0 Å². The zero-order chi connectivity index (χ0) is 18.0. The minimum Gasteiger partial charge on any atom is -0.268 e. The van der Waals surface area contributed by atoms with Crippen LogP contribution in [0.1, 0.15) is 6.92 Å².